The average molecular weight is 343 g/mol. The van der Waals surface area contributed by atoms with Crippen LogP contribution in [0.5, 0.6) is 0 Å². The van der Waals surface area contributed by atoms with E-state index in [9.17, 15) is 18.4 Å². The quantitative estimate of drug-likeness (QED) is 0.826. The molecule has 3 fully saturated rings. The highest BCUT2D eigenvalue weighted by atomic mass is 19.3. The highest BCUT2D eigenvalue weighted by Gasteiger charge is 2.44. The minimum Gasteiger partial charge on any atom is -0.342 e. The van der Waals surface area contributed by atoms with E-state index in [1.165, 1.54) is 6.42 Å². The summed E-state index contributed by atoms with van der Waals surface area (Å²) in [6.45, 7) is 4.39. The lowest BCUT2D eigenvalue weighted by Crippen LogP contribution is -2.50. The Bertz CT molecular complexity index is 470. The first-order chi connectivity index (χ1) is 11.4. The Morgan fingerprint density at radius 1 is 1.04 bits per heavy atom. The highest BCUT2D eigenvalue weighted by Crippen LogP contribution is 2.28. The smallest absolute Gasteiger partial charge is 0.262 e. The van der Waals surface area contributed by atoms with Gasteiger partial charge >= 0.3 is 0 Å². The molecule has 3 heterocycles. The van der Waals surface area contributed by atoms with Crippen LogP contribution in [0.3, 0.4) is 0 Å². The van der Waals surface area contributed by atoms with Crippen molar-refractivity contribution in [2.24, 2.45) is 11.8 Å². The maximum absolute atomic E-state index is 13.2. The van der Waals surface area contributed by atoms with Crippen molar-refractivity contribution in [1.29, 1.82) is 0 Å². The summed E-state index contributed by atoms with van der Waals surface area (Å²) in [5, 5.41) is 2.62. The second-order valence-electron chi connectivity index (χ2n) is 7.62. The first kappa shape index (κ1) is 17.6. The van der Waals surface area contributed by atoms with Crippen LogP contribution in [0.4, 0.5) is 8.78 Å². The SMILES string of the molecule is CC1CCCN(C(=O)C2CCN(C(=O)C3CC(F)(F)CN3)CC2)C1. The van der Waals surface area contributed by atoms with Gasteiger partial charge in [0.15, 0.2) is 0 Å². The molecule has 0 spiro atoms. The molecule has 24 heavy (non-hydrogen) atoms. The van der Waals surface area contributed by atoms with E-state index in [0.717, 1.165) is 19.5 Å². The van der Waals surface area contributed by atoms with Gasteiger partial charge in [0, 0.05) is 38.5 Å². The Kier molecular flexibility index (Phi) is 5.08. The molecule has 0 aromatic heterocycles. The number of carbonyl (C=O) groups is 2. The molecule has 0 bridgehead atoms. The molecule has 0 aromatic rings. The van der Waals surface area contributed by atoms with E-state index in [4.69, 9.17) is 0 Å². The molecule has 0 radical (unpaired) electrons. The molecule has 3 rings (SSSR count). The van der Waals surface area contributed by atoms with Gasteiger partial charge in [-0.25, -0.2) is 8.78 Å². The largest absolute Gasteiger partial charge is 0.342 e. The summed E-state index contributed by atoms with van der Waals surface area (Å²) in [7, 11) is 0. The molecule has 2 unspecified atom stereocenters. The van der Waals surface area contributed by atoms with Crippen molar-refractivity contribution >= 4 is 11.8 Å². The monoisotopic (exact) mass is 343 g/mol. The number of nitrogens with one attached hydrogen (secondary N) is 1. The van der Waals surface area contributed by atoms with Gasteiger partial charge in [0.2, 0.25) is 11.8 Å². The van der Waals surface area contributed by atoms with Gasteiger partial charge in [0.25, 0.3) is 5.92 Å². The molecular formula is C17H27F2N3O2. The lowest BCUT2D eigenvalue weighted by atomic mass is 9.92. The van der Waals surface area contributed by atoms with Gasteiger partial charge in [-0.15, -0.1) is 0 Å². The van der Waals surface area contributed by atoms with Crippen molar-refractivity contribution in [3.05, 3.63) is 0 Å². The van der Waals surface area contributed by atoms with Gasteiger partial charge in [0.1, 0.15) is 0 Å². The first-order valence-electron chi connectivity index (χ1n) is 9.04. The molecule has 3 aliphatic rings. The number of halogens is 2. The molecule has 0 aromatic carbocycles. The molecule has 0 saturated carbocycles. The molecule has 3 saturated heterocycles. The number of hydrogen-bond donors (Lipinski definition) is 1. The lowest BCUT2D eigenvalue weighted by molar-refractivity contribution is -0.142. The Balaban J connectivity index is 1.49. The number of likely N-dealkylation sites (tertiary alicyclic amines) is 2. The van der Waals surface area contributed by atoms with Crippen LogP contribution in [0.25, 0.3) is 0 Å². The van der Waals surface area contributed by atoms with Crippen LogP contribution < -0.4 is 5.32 Å². The number of alkyl halides is 2. The van der Waals surface area contributed by atoms with E-state index in [1.807, 2.05) is 4.90 Å². The first-order valence-corrected chi connectivity index (χ1v) is 9.04. The van der Waals surface area contributed by atoms with Gasteiger partial charge in [-0.2, -0.15) is 0 Å². The third-order valence-electron chi connectivity index (χ3n) is 5.53. The van der Waals surface area contributed by atoms with E-state index in [1.54, 1.807) is 4.90 Å². The summed E-state index contributed by atoms with van der Waals surface area (Å²) < 4.78 is 26.5. The lowest BCUT2D eigenvalue weighted by Gasteiger charge is -2.37. The Morgan fingerprint density at radius 2 is 1.75 bits per heavy atom. The Hall–Kier alpha value is -1.24. The van der Waals surface area contributed by atoms with Crippen LogP contribution in [0.15, 0.2) is 0 Å². The maximum Gasteiger partial charge on any atom is 0.262 e. The minimum absolute atomic E-state index is 0.0303. The minimum atomic E-state index is -2.79. The topological polar surface area (TPSA) is 52.7 Å². The third-order valence-corrected chi connectivity index (χ3v) is 5.53. The van der Waals surface area contributed by atoms with E-state index in [-0.39, 0.29) is 17.7 Å². The van der Waals surface area contributed by atoms with Crippen LogP contribution in [-0.4, -0.2) is 66.3 Å². The summed E-state index contributed by atoms with van der Waals surface area (Å²) in [4.78, 5) is 28.6. The molecule has 2 amide bonds. The van der Waals surface area contributed by atoms with Crippen molar-refractivity contribution in [1.82, 2.24) is 15.1 Å². The zero-order chi connectivity index (χ0) is 17.3. The van der Waals surface area contributed by atoms with Crippen molar-refractivity contribution in [2.75, 3.05) is 32.7 Å². The van der Waals surface area contributed by atoms with E-state index >= 15 is 0 Å². The number of nitrogens with zero attached hydrogens (tertiary/aromatic N) is 2. The summed E-state index contributed by atoms with van der Waals surface area (Å²) in [5.74, 6) is -2.31. The van der Waals surface area contributed by atoms with Crippen molar-refractivity contribution in [3.8, 4) is 0 Å². The fourth-order valence-electron chi connectivity index (χ4n) is 4.11. The van der Waals surface area contributed by atoms with Gasteiger partial charge in [0.05, 0.1) is 12.6 Å². The molecule has 3 aliphatic heterocycles. The zero-order valence-electron chi connectivity index (χ0n) is 14.3. The van der Waals surface area contributed by atoms with Crippen molar-refractivity contribution < 1.29 is 18.4 Å². The maximum atomic E-state index is 13.2. The second-order valence-corrected chi connectivity index (χ2v) is 7.62. The van der Waals surface area contributed by atoms with Crippen LogP contribution in [-0.2, 0) is 9.59 Å². The number of amides is 2. The van der Waals surface area contributed by atoms with Gasteiger partial charge < -0.3 is 9.80 Å². The molecule has 5 nitrogen and oxygen atoms in total. The zero-order valence-corrected chi connectivity index (χ0v) is 14.3. The van der Waals surface area contributed by atoms with Gasteiger partial charge in [-0.05, 0) is 31.6 Å². The number of rotatable bonds is 2. The second kappa shape index (κ2) is 6.94. The average Bonchev–Trinajstić information content (AvgIpc) is 2.93. The molecule has 0 aliphatic carbocycles. The molecular weight excluding hydrogens is 316 g/mol. The predicted molar refractivity (Wildman–Crippen MR) is 85.6 cm³/mol. The fraction of sp³-hybridized carbons (Fsp3) is 0.882. The van der Waals surface area contributed by atoms with Gasteiger partial charge in [-0.3, -0.25) is 14.9 Å². The third kappa shape index (κ3) is 3.87. The van der Waals surface area contributed by atoms with E-state index in [0.29, 0.717) is 31.8 Å². The number of carbonyl (C=O) groups excluding carboxylic acids is 2. The van der Waals surface area contributed by atoms with Crippen molar-refractivity contribution in [3.63, 3.8) is 0 Å². The fourth-order valence-corrected chi connectivity index (χ4v) is 4.11. The van der Waals surface area contributed by atoms with Crippen LogP contribution >= 0.6 is 0 Å². The Morgan fingerprint density at radius 3 is 2.33 bits per heavy atom. The molecule has 7 heteroatoms. The normalized spacial score (nSPS) is 31.3. The van der Waals surface area contributed by atoms with Crippen LogP contribution in [0.2, 0.25) is 0 Å². The summed E-state index contributed by atoms with van der Waals surface area (Å²) in [6, 6.07) is -0.782. The number of piperidine rings is 2. The standard InChI is InChI=1S/C17H27F2N3O2/c1-12-3-2-6-22(10-12)15(23)13-4-7-21(8-5-13)16(24)14-9-17(18,19)11-20-14/h12-14,20H,2-11H2,1H3. The predicted octanol–water partition coefficient (Wildman–Crippen LogP) is 1.48. The highest BCUT2D eigenvalue weighted by molar-refractivity contribution is 5.83. The van der Waals surface area contributed by atoms with Crippen LogP contribution in [0, 0.1) is 11.8 Å². The van der Waals surface area contributed by atoms with E-state index < -0.39 is 24.9 Å². The van der Waals surface area contributed by atoms with Gasteiger partial charge in [-0.1, -0.05) is 6.92 Å². The summed E-state index contributed by atoms with van der Waals surface area (Å²) >= 11 is 0. The molecule has 1 N–H and O–H groups in total. The summed E-state index contributed by atoms with van der Waals surface area (Å²) in [6.07, 6.45) is 3.09. The summed E-state index contributed by atoms with van der Waals surface area (Å²) in [5.41, 5.74) is 0. The van der Waals surface area contributed by atoms with Crippen LogP contribution in [0.1, 0.15) is 39.0 Å². The Labute approximate surface area is 141 Å². The van der Waals surface area contributed by atoms with Crippen molar-refractivity contribution in [2.45, 2.75) is 51.0 Å². The van der Waals surface area contributed by atoms with E-state index in [2.05, 4.69) is 12.2 Å². The molecule has 136 valence electrons. The number of hydrogen-bond acceptors (Lipinski definition) is 3. The molecule has 2 atom stereocenters.